The number of hydrogen-bond donors (Lipinski definition) is 0. The number of ether oxygens (including phenoxy) is 3. The van der Waals surface area contributed by atoms with Gasteiger partial charge in [0, 0.05) is 0 Å². The molecule has 0 amide bonds. The highest BCUT2D eigenvalue weighted by molar-refractivity contribution is 5.54. The van der Waals surface area contributed by atoms with Gasteiger partial charge in [-0.1, -0.05) is 24.3 Å². The summed E-state index contributed by atoms with van der Waals surface area (Å²) in [5, 5.41) is 0. The summed E-state index contributed by atoms with van der Waals surface area (Å²) in [5.74, 6) is 2.16. The molecule has 2 aromatic rings. The highest BCUT2D eigenvalue weighted by atomic mass is 16.5. The van der Waals surface area contributed by atoms with E-state index in [1.54, 1.807) is 0 Å². The molecule has 0 fully saturated rings. The van der Waals surface area contributed by atoms with Gasteiger partial charge in [0.1, 0.15) is 0 Å². The van der Waals surface area contributed by atoms with Gasteiger partial charge in [0.25, 0.3) is 0 Å². The smallest absolute Gasteiger partial charge is 0.203 e. The fraction of sp³-hybridized carbons (Fsp3) is 0.368. The van der Waals surface area contributed by atoms with E-state index in [2.05, 4.69) is 12.1 Å². The SMILES string of the molecule is CCOc1cc(Cc2[c]cccc2)cc(OCC)c1OCC. The molecule has 0 N–H and O–H groups in total. The Labute approximate surface area is 132 Å². The van der Waals surface area contributed by atoms with Crippen molar-refractivity contribution >= 4 is 0 Å². The molecule has 1 radical (unpaired) electrons. The number of rotatable bonds is 8. The van der Waals surface area contributed by atoms with E-state index in [-0.39, 0.29) is 0 Å². The second-order valence-electron chi connectivity index (χ2n) is 4.78. The van der Waals surface area contributed by atoms with Crippen LogP contribution in [0, 0.1) is 6.07 Å². The van der Waals surface area contributed by atoms with Gasteiger partial charge < -0.3 is 14.2 Å². The summed E-state index contributed by atoms with van der Waals surface area (Å²) in [6.07, 6.45) is 0.785. The van der Waals surface area contributed by atoms with Crippen LogP contribution < -0.4 is 14.2 Å². The Balaban J connectivity index is 2.37. The average Bonchev–Trinajstić information content (AvgIpc) is 2.52. The summed E-state index contributed by atoms with van der Waals surface area (Å²) in [5.41, 5.74) is 2.26. The summed E-state index contributed by atoms with van der Waals surface area (Å²) in [6, 6.07) is 15.3. The van der Waals surface area contributed by atoms with Gasteiger partial charge in [-0.2, -0.15) is 0 Å². The van der Waals surface area contributed by atoms with E-state index in [1.165, 1.54) is 0 Å². The molecule has 0 aromatic heterocycles. The standard InChI is InChI=1S/C19H23O3/c1-4-20-17-13-16(12-15-10-8-7-9-11-15)14-18(21-5-2)19(17)22-6-3/h7-10,13-14H,4-6,12H2,1-3H3. The zero-order valence-electron chi connectivity index (χ0n) is 13.5. The van der Waals surface area contributed by atoms with E-state index in [0.717, 1.165) is 29.0 Å². The number of hydrogen-bond acceptors (Lipinski definition) is 3. The van der Waals surface area contributed by atoms with Crippen LogP contribution in [0.3, 0.4) is 0 Å². The maximum absolute atomic E-state index is 5.74. The quantitative estimate of drug-likeness (QED) is 0.728. The molecule has 2 aromatic carbocycles. The Morgan fingerprint density at radius 3 is 2.00 bits per heavy atom. The molecule has 0 spiro atoms. The lowest BCUT2D eigenvalue weighted by molar-refractivity contribution is 0.260. The van der Waals surface area contributed by atoms with E-state index in [0.29, 0.717) is 25.6 Å². The minimum absolute atomic E-state index is 0.575. The maximum Gasteiger partial charge on any atom is 0.203 e. The summed E-state index contributed by atoms with van der Waals surface area (Å²) in [4.78, 5) is 0. The van der Waals surface area contributed by atoms with Crippen LogP contribution in [-0.4, -0.2) is 19.8 Å². The molecule has 0 aliphatic carbocycles. The zero-order valence-corrected chi connectivity index (χ0v) is 13.5. The van der Waals surface area contributed by atoms with Crippen molar-refractivity contribution in [1.29, 1.82) is 0 Å². The van der Waals surface area contributed by atoms with Crippen LogP contribution in [0.25, 0.3) is 0 Å². The van der Waals surface area contributed by atoms with Crippen LogP contribution >= 0.6 is 0 Å². The second-order valence-corrected chi connectivity index (χ2v) is 4.78. The largest absolute Gasteiger partial charge is 0.490 e. The first kappa shape index (κ1) is 16.2. The lowest BCUT2D eigenvalue weighted by Crippen LogP contribution is -2.04. The monoisotopic (exact) mass is 299 g/mol. The lowest BCUT2D eigenvalue weighted by Gasteiger charge is -2.17. The van der Waals surface area contributed by atoms with E-state index in [1.807, 2.05) is 51.1 Å². The minimum Gasteiger partial charge on any atom is -0.490 e. The molecule has 0 saturated heterocycles. The molecule has 117 valence electrons. The van der Waals surface area contributed by atoms with Crippen LogP contribution in [0.5, 0.6) is 17.2 Å². The molecule has 22 heavy (non-hydrogen) atoms. The summed E-state index contributed by atoms with van der Waals surface area (Å²) in [6.45, 7) is 7.64. The third-order valence-electron chi connectivity index (χ3n) is 3.14. The zero-order chi connectivity index (χ0) is 15.8. The first-order valence-corrected chi connectivity index (χ1v) is 7.79. The molecule has 0 atom stereocenters. The maximum atomic E-state index is 5.74. The lowest BCUT2D eigenvalue weighted by atomic mass is 10.0. The second kappa shape index (κ2) is 8.32. The predicted octanol–water partition coefficient (Wildman–Crippen LogP) is 4.27. The molecule has 3 heteroatoms. The topological polar surface area (TPSA) is 27.7 Å². The molecule has 2 rings (SSSR count). The molecular formula is C19H23O3. The van der Waals surface area contributed by atoms with Crippen molar-refractivity contribution in [1.82, 2.24) is 0 Å². The molecule has 0 heterocycles. The Hall–Kier alpha value is -2.16. The van der Waals surface area contributed by atoms with E-state index in [9.17, 15) is 0 Å². The Morgan fingerprint density at radius 2 is 1.50 bits per heavy atom. The molecule has 0 aliphatic rings. The van der Waals surface area contributed by atoms with Crippen molar-refractivity contribution in [3.05, 3.63) is 53.6 Å². The van der Waals surface area contributed by atoms with E-state index >= 15 is 0 Å². The van der Waals surface area contributed by atoms with Gasteiger partial charge in [-0.3, -0.25) is 0 Å². The average molecular weight is 299 g/mol. The van der Waals surface area contributed by atoms with Crippen molar-refractivity contribution in [3.63, 3.8) is 0 Å². The van der Waals surface area contributed by atoms with Crippen LogP contribution in [0.4, 0.5) is 0 Å². The van der Waals surface area contributed by atoms with Crippen LogP contribution in [0.1, 0.15) is 31.9 Å². The van der Waals surface area contributed by atoms with Crippen molar-refractivity contribution in [2.45, 2.75) is 27.2 Å². The fourth-order valence-corrected chi connectivity index (χ4v) is 2.31. The van der Waals surface area contributed by atoms with Crippen molar-refractivity contribution in [2.24, 2.45) is 0 Å². The van der Waals surface area contributed by atoms with Crippen molar-refractivity contribution < 1.29 is 14.2 Å². The number of benzene rings is 2. The normalized spacial score (nSPS) is 10.3. The van der Waals surface area contributed by atoms with Gasteiger partial charge in [0.15, 0.2) is 11.5 Å². The van der Waals surface area contributed by atoms with Crippen molar-refractivity contribution in [2.75, 3.05) is 19.8 Å². The Morgan fingerprint density at radius 1 is 0.864 bits per heavy atom. The molecule has 0 unspecified atom stereocenters. The summed E-state index contributed by atoms with van der Waals surface area (Å²) in [7, 11) is 0. The van der Waals surface area contributed by atoms with Gasteiger partial charge in [-0.05, 0) is 56.5 Å². The molecule has 0 saturated carbocycles. The first-order valence-electron chi connectivity index (χ1n) is 7.79. The van der Waals surface area contributed by atoms with Crippen LogP contribution in [-0.2, 0) is 6.42 Å². The summed E-state index contributed by atoms with van der Waals surface area (Å²) < 4.78 is 17.2. The first-order chi connectivity index (χ1) is 10.8. The van der Waals surface area contributed by atoms with Crippen molar-refractivity contribution in [3.8, 4) is 17.2 Å². The van der Waals surface area contributed by atoms with E-state index < -0.39 is 0 Å². The summed E-state index contributed by atoms with van der Waals surface area (Å²) >= 11 is 0. The van der Waals surface area contributed by atoms with Gasteiger partial charge in [0.05, 0.1) is 19.8 Å². The predicted molar refractivity (Wildman–Crippen MR) is 88.0 cm³/mol. The van der Waals surface area contributed by atoms with Gasteiger partial charge in [0.2, 0.25) is 5.75 Å². The highest BCUT2D eigenvalue weighted by Gasteiger charge is 2.15. The Kier molecular flexibility index (Phi) is 6.13. The fourth-order valence-electron chi connectivity index (χ4n) is 2.31. The minimum atomic E-state index is 0.575. The third-order valence-corrected chi connectivity index (χ3v) is 3.14. The van der Waals surface area contributed by atoms with Crippen LogP contribution in [0.15, 0.2) is 36.4 Å². The van der Waals surface area contributed by atoms with Gasteiger partial charge >= 0.3 is 0 Å². The highest BCUT2D eigenvalue weighted by Crippen LogP contribution is 2.39. The van der Waals surface area contributed by atoms with Crippen LogP contribution in [0.2, 0.25) is 0 Å². The van der Waals surface area contributed by atoms with Gasteiger partial charge in [-0.25, -0.2) is 0 Å². The van der Waals surface area contributed by atoms with E-state index in [4.69, 9.17) is 14.2 Å². The molecule has 0 aliphatic heterocycles. The molecule has 3 nitrogen and oxygen atoms in total. The molecule has 0 bridgehead atoms. The van der Waals surface area contributed by atoms with Gasteiger partial charge in [-0.15, -0.1) is 0 Å². The Bertz CT molecular complexity index is 551. The molecular weight excluding hydrogens is 276 g/mol. The third kappa shape index (κ3) is 4.17.